The quantitative estimate of drug-likeness (QED) is 0.717. The van der Waals surface area contributed by atoms with Crippen molar-refractivity contribution < 1.29 is 14.3 Å². The van der Waals surface area contributed by atoms with Crippen LogP contribution in [0.4, 0.5) is 22.9 Å². The Kier molecular flexibility index (Phi) is 5.91. The monoisotopic (exact) mass is 462 g/mol. The summed E-state index contributed by atoms with van der Waals surface area (Å²) in [7, 11) is 1.77. The van der Waals surface area contributed by atoms with Crippen LogP contribution in [0.3, 0.4) is 0 Å². The Morgan fingerprint density at radius 3 is 2.88 bits per heavy atom. The molecule has 0 bridgehead atoms. The van der Waals surface area contributed by atoms with Crippen LogP contribution >= 0.6 is 0 Å². The van der Waals surface area contributed by atoms with E-state index < -0.39 is 0 Å². The van der Waals surface area contributed by atoms with Crippen LogP contribution in [0.25, 0.3) is 0 Å². The van der Waals surface area contributed by atoms with Gasteiger partial charge in [-0.05, 0) is 69.2 Å². The zero-order chi connectivity index (χ0) is 23.1. The summed E-state index contributed by atoms with van der Waals surface area (Å²) in [4.78, 5) is 23.0. The molecule has 1 N–H and O–H groups in total. The molecule has 2 aliphatic carbocycles. The molecule has 1 saturated heterocycles. The van der Waals surface area contributed by atoms with E-state index in [0.29, 0.717) is 18.7 Å². The van der Waals surface area contributed by atoms with Gasteiger partial charge in [-0.1, -0.05) is 6.07 Å². The lowest BCUT2D eigenvalue weighted by Crippen LogP contribution is -2.48. The number of nitrogens with zero attached hydrogens (tertiary/aromatic N) is 3. The number of amides is 1. The summed E-state index contributed by atoms with van der Waals surface area (Å²) in [5, 5.41) is 3.52. The minimum atomic E-state index is 0.0312. The molecule has 3 fully saturated rings. The third-order valence-corrected chi connectivity index (χ3v) is 8.18. The second kappa shape index (κ2) is 9.19. The Morgan fingerprint density at radius 2 is 2.03 bits per heavy atom. The van der Waals surface area contributed by atoms with Crippen molar-refractivity contribution in [2.75, 3.05) is 35.4 Å². The van der Waals surface area contributed by atoms with Gasteiger partial charge in [0, 0.05) is 37.0 Å². The molecule has 0 radical (unpaired) electrons. The maximum absolute atomic E-state index is 13.9. The molecule has 2 aliphatic heterocycles. The van der Waals surface area contributed by atoms with Crippen LogP contribution < -0.4 is 15.1 Å². The van der Waals surface area contributed by atoms with E-state index in [1.165, 1.54) is 18.5 Å². The fourth-order valence-electron chi connectivity index (χ4n) is 6.30. The molecule has 0 unspecified atom stereocenters. The number of fused-ring (bicyclic) bond motifs is 3. The largest absolute Gasteiger partial charge is 0.381 e. The minimum Gasteiger partial charge on any atom is -0.381 e. The summed E-state index contributed by atoms with van der Waals surface area (Å²) in [5.74, 6) is 1.08. The zero-order valence-electron chi connectivity index (χ0n) is 19.9. The van der Waals surface area contributed by atoms with Crippen LogP contribution in [0.1, 0.15) is 50.5 Å². The van der Waals surface area contributed by atoms with Crippen molar-refractivity contribution >= 4 is 28.8 Å². The van der Waals surface area contributed by atoms with Crippen molar-refractivity contribution in [2.24, 2.45) is 5.92 Å². The first kappa shape index (κ1) is 21.9. The lowest BCUT2D eigenvalue weighted by Gasteiger charge is -2.40. The van der Waals surface area contributed by atoms with Crippen LogP contribution in [0.5, 0.6) is 0 Å². The van der Waals surface area contributed by atoms with Crippen LogP contribution in [0.15, 0.2) is 36.5 Å². The van der Waals surface area contributed by atoms with Crippen molar-refractivity contribution in [2.45, 2.75) is 69.7 Å². The molecule has 4 aliphatic rings. The minimum absolute atomic E-state index is 0.0312. The van der Waals surface area contributed by atoms with Gasteiger partial charge in [-0.3, -0.25) is 4.79 Å². The molecule has 3 heterocycles. The number of nitrogens with one attached hydrogen (secondary N) is 1. The number of hydrogen-bond donors (Lipinski definition) is 1. The molecule has 0 spiro atoms. The summed E-state index contributed by atoms with van der Waals surface area (Å²) in [6, 6.07) is 11.0. The molecular weight excluding hydrogens is 428 g/mol. The van der Waals surface area contributed by atoms with Crippen molar-refractivity contribution in [3.8, 4) is 0 Å². The molecule has 180 valence electrons. The number of aromatic nitrogens is 1. The predicted octanol–water partition coefficient (Wildman–Crippen LogP) is 4.63. The molecule has 1 aromatic heterocycles. The van der Waals surface area contributed by atoms with Crippen LogP contribution in [-0.4, -0.2) is 49.4 Å². The Labute approximate surface area is 201 Å². The lowest BCUT2D eigenvalue weighted by atomic mass is 9.86. The van der Waals surface area contributed by atoms with Gasteiger partial charge < -0.3 is 24.6 Å². The van der Waals surface area contributed by atoms with Crippen molar-refractivity contribution in [1.82, 2.24) is 4.98 Å². The smallest absolute Gasteiger partial charge is 0.230 e. The number of carbonyl (C=O) groups is 1. The van der Waals surface area contributed by atoms with Gasteiger partial charge in [-0.15, -0.1) is 0 Å². The normalized spacial score (nSPS) is 28.4. The van der Waals surface area contributed by atoms with E-state index in [1.807, 2.05) is 11.0 Å². The van der Waals surface area contributed by atoms with E-state index in [1.54, 1.807) is 13.3 Å². The zero-order valence-corrected chi connectivity index (χ0v) is 19.9. The molecule has 7 nitrogen and oxygen atoms in total. The van der Waals surface area contributed by atoms with Crippen molar-refractivity contribution in [1.29, 1.82) is 0 Å². The fraction of sp³-hybridized carbons (Fsp3) is 0.556. The van der Waals surface area contributed by atoms with E-state index in [-0.39, 0.29) is 17.9 Å². The average Bonchev–Trinajstić information content (AvgIpc) is 3.31. The third kappa shape index (κ3) is 3.95. The molecule has 6 rings (SSSR count). The molecular formula is C27H34N4O3. The first-order valence-corrected chi connectivity index (χ1v) is 12.8. The first-order chi connectivity index (χ1) is 16.7. The summed E-state index contributed by atoms with van der Waals surface area (Å²) in [6.45, 7) is 2.19. The SMILES string of the molecule is CO[C@H]1CC[C@H](C(=O)N2Cc3cccnc3Nc3ccc(N4CCO[C@@H]5CCC[C@H]54)cc32)CC1. The Hall–Kier alpha value is -2.64. The van der Waals surface area contributed by atoms with Gasteiger partial charge in [0.15, 0.2) is 0 Å². The molecule has 7 heteroatoms. The number of methoxy groups -OCH3 is 1. The van der Waals surface area contributed by atoms with Gasteiger partial charge in [0.1, 0.15) is 5.82 Å². The Morgan fingerprint density at radius 1 is 1.15 bits per heavy atom. The second-order valence-corrected chi connectivity index (χ2v) is 10.1. The van der Waals surface area contributed by atoms with E-state index in [0.717, 1.165) is 68.0 Å². The van der Waals surface area contributed by atoms with Crippen molar-refractivity contribution in [3.63, 3.8) is 0 Å². The Bertz CT molecular complexity index is 1050. The van der Waals surface area contributed by atoms with Crippen molar-refractivity contribution in [3.05, 3.63) is 42.1 Å². The highest BCUT2D eigenvalue weighted by molar-refractivity contribution is 6.00. The van der Waals surface area contributed by atoms with Gasteiger partial charge in [-0.2, -0.15) is 0 Å². The van der Waals surface area contributed by atoms with Gasteiger partial charge >= 0.3 is 0 Å². The maximum atomic E-state index is 13.9. The van der Waals surface area contributed by atoms with Gasteiger partial charge in [0.05, 0.1) is 42.8 Å². The van der Waals surface area contributed by atoms with Crippen LogP contribution in [-0.2, 0) is 20.8 Å². The third-order valence-electron chi connectivity index (χ3n) is 8.18. The standard InChI is InChI=1S/C27H34N4O3/c1-33-21-10-7-18(8-11-21)27(32)31-17-19-4-3-13-28-26(19)29-22-12-9-20(16-24(22)31)30-14-15-34-25-6-2-5-23(25)30/h3-4,9,12-13,16,18,21,23,25H,2,5-8,10-11,14-15,17H2,1H3,(H,28,29)/t18-,21-,23-,25-/m1/s1. The summed E-state index contributed by atoms with van der Waals surface area (Å²) in [5.41, 5.74) is 4.12. The highest BCUT2D eigenvalue weighted by atomic mass is 16.5. The molecule has 1 amide bonds. The molecule has 34 heavy (non-hydrogen) atoms. The van der Waals surface area contributed by atoms with E-state index in [9.17, 15) is 4.79 Å². The van der Waals surface area contributed by atoms with Gasteiger partial charge in [-0.25, -0.2) is 4.98 Å². The second-order valence-electron chi connectivity index (χ2n) is 10.1. The number of ether oxygens (including phenoxy) is 2. The molecule has 2 atom stereocenters. The molecule has 2 aromatic rings. The van der Waals surface area contributed by atoms with E-state index in [4.69, 9.17) is 9.47 Å². The highest BCUT2D eigenvalue weighted by Gasteiger charge is 2.37. The van der Waals surface area contributed by atoms with Crippen LogP contribution in [0, 0.1) is 5.92 Å². The lowest BCUT2D eigenvalue weighted by molar-refractivity contribution is -0.124. The van der Waals surface area contributed by atoms with E-state index >= 15 is 0 Å². The maximum Gasteiger partial charge on any atom is 0.230 e. The molecule has 1 aromatic carbocycles. The Balaban J connectivity index is 1.35. The van der Waals surface area contributed by atoms with Gasteiger partial charge in [0.2, 0.25) is 5.91 Å². The number of morpholine rings is 1. The first-order valence-electron chi connectivity index (χ1n) is 12.8. The number of rotatable bonds is 3. The number of pyridine rings is 1. The summed E-state index contributed by atoms with van der Waals surface area (Å²) in [6.07, 6.45) is 9.58. The topological polar surface area (TPSA) is 66.9 Å². The highest BCUT2D eigenvalue weighted by Crippen LogP contribution is 2.41. The fourth-order valence-corrected chi connectivity index (χ4v) is 6.30. The molecule has 2 saturated carbocycles. The number of carbonyl (C=O) groups excluding carboxylic acids is 1. The summed E-state index contributed by atoms with van der Waals surface area (Å²) < 4.78 is 11.6. The number of hydrogen-bond acceptors (Lipinski definition) is 6. The predicted molar refractivity (Wildman–Crippen MR) is 133 cm³/mol. The summed E-state index contributed by atoms with van der Waals surface area (Å²) >= 11 is 0. The van der Waals surface area contributed by atoms with E-state index in [2.05, 4.69) is 39.5 Å². The number of benzene rings is 1. The van der Waals surface area contributed by atoms with Gasteiger partial charge in [0.25, 0.3) is 0 Å². The average molecular weight is 463 g/mol. The number of anilines is 4. The van der Waals surface area contributed by atoms with Crippen LogP contribution in [0.2, 0.25) is 0 Å².